The zero-order valence-electron chi connectivity index (χ0n) is 34.6. The van der Waals surface area contributed by atoms with E-state index < -0.39 is 37.2 Å². The fourth-order valence-corrected chi connectivity index (χ4v) is 7.26. The van der Waals surface area contributed by atoms with Crippen LogP contribution in [0.15, 0.2) is 24.3 Å². The molecule has 1 aliphatic rings. The summed E-state index contributed by atoms with van der Waals surface area (Å²) in [5.74, 6) is -0.317. The minimum absolute atomic E-state index is 0.0914. The number of nitrogens with one attached hydrogen (secondary N) is 1. The molecule has 0 radical (unpaired) electrons. The Kier molecular flexibility index (Phi) is 32.3. The molecular formula is C45H84N2O6. The highest BCUT2D eigenvalue weighted by Crippen LogP contribution is 2.26. The van der Waals surface area contributed by atoms with Crippen molar-refractivity contribution in [1.82, 2.24) is 10.2 Å². The van der Waals surface area contributed by atoms with E-state index in [2.05, 4.69) is 43.5 Å². The van der Waals surface area contributed by atoms with Gasteiger partial charge >= 0.3 is 0 Å². The van der Waals surface area contributed by atoms with Crippen LogP contribution in [0.3, 0.4) is 0 Å². The van der Waals surface area contributed by atoms with Crippen LogP contribution in [0.4, 0.5) is 0 Å². The molecule has 310 valence electrons. The van der Waals surface area contributed by atoms with E-state index in [1.54, 1.807) is 4.90 Å². The number of aliphatic hydroxyl groups is 3. The zero-order valence-corrected chi connectivity index (χ0v) is 34.6. The van der Waals surface area contributed by atoms with Crippen molar-refractivity contribution in [1.29, 1.82) is 0 Å². The van der Waals surface area contributed by atoms with Crippen LogP contribution in [-0.2, 0) is 14.3 Å². The van der Waals surface area contributed by atoms with Crippen LogP contribution >= 0.6 is 0 Å². The normalized spacial score (nSPS) is 20.5. The first-order valence-electron chi connectivity index (χ1n) is 22.4. The number of aliphatic hydroxyl groups excluding tert-OH is 3. The molecule has 8 nitrogen and oxygen atoms in total. The number of unbranched alkanes of at least 4 members (excludes halogenated alkanes) is 22. The van der Waals surface area contributed by atoms with E-state index in [4.69, 9.17) is 4.74 Å². The summed E-state index contributed by atoms with van der Waals surface area (Å²) in [6, 6.07) is -0.979. The molecule has 1 heterocycles. The van der Waals surface area contributed by atoms with Gasteiger partial charge < -0.3 is 30.3 Å². The molecule has 0 aromatic rings. The maximum Gasteiger partial charge on any atom is 0.224 e. The summed E-state index contributed by atoms with van der Waals surface area (Å²) in [5.41, 5.74) is 0. The lowest BCUT2D eigenvalue weighted by molar-refractivity contribution is -0.231. The Morgan fingerprint density at radius 2 is 0.981 bits per heavy atom. The largest absolute Gasteiger partial charge is 0.394 e. The van der Waals surface area contributed by atoms with E-state index in [-0.39, 0.29) is 11.8 Å². The van der Waals surface area contributed by atoms with Gasteiger partial charge in [-0.15, -0.1) is 0 Å². The Morgan fingerprint density at radius 3 is 1.42 bits per heavy atom. The summed E-state index contributed by atoms with van der Waals surface area (Å²) in [6.45, 7) is 6.39. The molecule has 1 fully saturated rings. The molecule has 1 rings (SSSR count). The number of carbonyl (C=O) groups excluding carboxylic acids is 2. The zero-order chi connectivity index (χ0) is 38.8. The molecular weight excluding hydrogens is 665 g/mol. The van der Waals surface area contributed by atoms with Crippen LogP contribution in [0.5, 0.6) is 0 Å². The van der Waals surface area contributed by atoms with Crippen molar-refractivity contribution in [2.45, 2.75) is 238 Å². The average molecular weight is 749 g/mol. The van der Waals surface area contributed by atoms with Crippen molar-refractivity contribution in [2.75, 3.05) is 13.2 Å². The fourth-order valence-electron chi connectivity index (χ4n) is 7.26. The van der Waals surface area contributed by atoms with Crippen molar-refractivity contribution in [3.63, 3.8) is 0 Å². The Labute approximate surface area is 326 Å². The fraction of sp³-hybridized carbons (Fsp3) is 0.867. The van der Waals surface area contributed by atoms with Crippen LogP contribution < -0.4 is 5.32 Å². The standard InChI is InChI=1S/C45H84N2O6/c1-4-7-9-11-13-15-17-19-21-23-25-27-29-31-33-35-40(49)46-42-44(52)43(51)39(38-48)53-45(42)47(37-6-3)41(50)36-34-32-30-28-26-24-22-20-18-16-14-12-10-8-5-2/h19-22,39,42-45,48,51-52H,4-18,23-38H2,1-3H3,(H,46,49)/t39-,42-,43-,44-,45?/m1/s1. The summed E-state index contributed by atoms with van der Waals surface area (Å²) in [7, 11) is 0. The van der Waals surface area contributed by atoms with Gasteiger partial charge in [0.05, 0.1) is 6.61 Å². The van der Waals surface area contributed by atoms with Crippen LogP contribution in [0.25, 0.3) is 0 Å². The molecule has 0 bridgehead atoms. The van der Waals surface area contributed by atoms with E-state index in [9.17, 15) is 24.9 Å². The smallest absolute Gasteiger partial charge is 0.224 e. The van der Waals surface area contributed by atoms with Gasteiger partial charge in [0.15, 0.2) is 6.23 Å². The Bertz CT molecular complexity index is 927. The van der Waals surface area contributed by atoms with Crippen LogP contribution in [0.1, 0.15) is 207 Å². The van der Waals surface area contributed by atoms with Gasteiger partial charge in [0, 0.05) is 19.4 Å². The number of ether oxygens (including phenoxy) is 1. The molecule has 0 spiro atoms. The minimum Gasteiger partial charge on any atom is -0.394 e. The predicted octanol–water partition coefficient (Wildman–Crippen LogP) is 10.2. The van der Waals surface area contributed by atoms with Crippen molar-refractivity contribution in [3.05, 3.63) is 24.3 Å². The SMILES string of the molecule is CCCCCCCCC=CCCCCCCCC(=O)N[C@H]1C(N(CCC)C(=O)CCCCCCCC=CCCCCCCCC)O[C@H](CO)[C@@H](O)[C@@H]1O. The molecule has 1 unspecified atom stereocenters. The first kappa shape index (κ1) is 49.3. The summed E-state index contributed by atoms with van der Waals surface area (Å²) in [6.07, 6.45) is 36.7. The Morgan fingerprint density at radius 1 is 0.566 bits per heavy atom. The van der Waals surface area contributed by atoms with Gasteiger partial charge in [-0.25, -0.2) is 0 Å². The third kappa shape index (κ3) is 24.4. The van der Waals surface area contributed by atoms with Crippen LogP contribution in [0.2, 0.25) is 0 Å². The minimum atomic E-state index is -1.37. The van der Waals surface area contributed by atoms with Crippen LogP contribution in [-0.4, -0.2) is 75.8 Å². The molecule has 5 atom stereocenters. The first-order valence-corrected chi connectivity index (χ1v) is 22.4. The van der Waals surface area contributed by atoms with E-state index in [0.717, 1.165) is 70.6 Å². The highest BCUT2D eigenvalue weighted by Gasteiger charge is 2.47. The van der Waals surface area contributed by atoms with Crippen molar-refractivity contribution < 1.29 is 29.6 Å². The van der Waals surface area contributed by atoms with E-state index in [1.807, 2.05) is 6.92 Å². The molecule has 4 N–H and O–H groups in total. The average Bonchev–Trinajstić information content (AvgIpc) is 3.15. The lowest BCUT2D eigenvalue weighted by atomic mass is 9.94. The number of rotatable bonds is 35. The van der Waals surface area contributed by atoms with Crippen molar-refractivity contribution in [3.8, 4) is 0 Å². The Hall–Kier alpha value is -1.74. The molecule has 1 saturated heterocycles. The van der Waals surface area contributed by atoms with Gasteiger partial charge in [-0.1, -0.05) is 148 Å². The molecule has 1 aliphatic heterocycles. The lowest BCUT2D eigenvalue weighted by Crippen LogP contribution is -2.68. The summed E-state index contributed by atoms with van der Waals surface area (Å²) < 4.78 is 6.05. The van der Waals surface area contributed by atoms with Crippen molar-refractivity contribution >= 4 is 11.8 Å². The topological polar surface area (TPSA) is 119 Å². The molecule has 2 amide bonds. The van der Waals surface area contributed by atoms with Gasteiger partial charge in [0.2, 0.25) is 11.8 Å². The maximum absolute atomic E-state index is 13.5. The molecule has 0 aromatic carbocycles. The van der Waals surface area contributed by atoms with Crippen LogP contribution in [0, 0.1) is 0 Å². The summed E-state index contributed by atoms with van der Waals surface area (Å²) in [4.78, 5) is 28.2. The number of nitrogens with zero attached hydrogens (tertiary/aromatic N) is 1. The third-order valence-corrected chi connectivity index (χ3v) is 10.6. The molecule has 53 heavy (non-hydrogen) atoms. The highest BCUT2D eigenvalue weighted by atomic mass is 16.5. The first-order chi connectivity index (χ1) is 25.9. The quantitative estimate of drug-likeness (QED) is 0.0378. The van der Waals surface area contributed by atoms with Gasteiger partial charge in [-0.3, -0.25) is 9.59 Å². The maximum atomic E-state index is 13.5. The second-order valence-electron chi connectivity index (χ2n) is 15.6. The van der Waals surface area contributed by atoms with Gasteiger partial charge in [-0.2, -0.15) is 0 Å². The molecule has 0 saturated carbocycles. The summed E-state index contributed by atoms with van der Waals surface area (Å²) >= 11 is 0. The summed E-state index contributed by atoms with van der Waals surface area (Å²) in [5, 5.41) is 34.5. The van der Waals surface area contributed by atoms with Gasteiger partial charge in [0.1, 0.15) is 24.4 Å². The molecule has 0 aliphatic carbocycles. The Balaban J connectivity index is 2.42. The van der Waals surface area contributed by atoms with E-state index in [0.29, 0.717) is 25.8 Å². The monoisotopic (exact) mass is 749 g/mol. The second kappa shape index (κ2) is 34.7. The highest BCUT2D eigenvalue weighted by molar-refractivity contribution is 5.78. The lowest BCUT2D eigenvalue weighted by Gasteiger charge is -2.46. The molecule has 8 heteroatoms. The van der Waals surface area contributed by atoms with Crippen molar-refractivity contribution in [2.24, 2.45) is 0 Å². The number of hydrogen-bond donors (Lipinski definition) is 4. The molecule has 0 aromatic heterocycles. The number of carbonyl (C=O) groups is 2. The van der Waals surface area contributed by atoms with Gasteiger partial charge in [-0.05, 0) is 70.6 Å². The second-order valence-corrected chi connectivity index (χ2v) is 15.6. The number of allylic oxidation sites excluding steroid dienone is 4. The van der Waals surface area contributed by atoms with Gasteiger partial charge in [0.25, 0.3) is 0 Å². The van der Waals surface area contributed by atoms with E-state index in [1.165, 1.54) is 96.3 Å². The third-order valence-electron chi connectivity index (χ3n) is 10.6. The predicted molar refractivity (Wildman–Crippen MR) is 221 cm³/mol. The van der Waals surface area contributed by atoms with E-state index >= 15 is 0 Å². The number of hydrogen-bond acceptors (Lipinski definition) is 6. The number of amides is 2.